The van der Waals surface area contributed by atoms with Crippen LogP contribution in [0, 0.1) is 0 Å². The van der Waals surface area contributed by atoms with Crippen molar-refractivity contribution in [3.05, 3.63) is 51.7 Å². The molecule has 0 spiro atoms. The molecule has 1 aromatic heterocycles. The van der Waals surface area contributed by atoms with Gasteiger partial charge in [0.25, 0.3) is 17.7 Å². The van der Waals surface area contributed by atoms with Gasteiger partial charge in [0.15, 0.2) is 0 Å². The Morgan fingerprint density at radius 1 is 1.17 bits per heavy atom. The molecular weight excluding hydrogens is 312 g/mol. The molecule has 0 radical (unpaired) electrons. The number of carbonyl (C=O) groups is 3. The quantitative estimate of drug-likeness (QED) is 0.856. The molecule has 2 heterocycles. The molecule has 6 heteroatoms. The first-order valence-corrected chi connectivity index (χ1v) is 8.40. The summed E-state index contributed by atoms with van der Waals surface area (Å²) in [5.41, 5.74) is 1.77. The molecule has 3 amide bonds. The highest BCUT2D eigenvalue weighted by atomic mass is 32.1. The number of rotatable bonds is 5. The molecule has 0 aliphatic carbocycles. The maximum atomic E-state index is 12.4. The van der Waals surface area contributed by atoms with Gasteiger partial charge in [-0.25, -0.2) is 0 Å². The number of nitrogens with one attached hydrogen (secondary N) is 1. The number of anilines is 1. The number of hydrogen-bond acceptors (Lipinski definition) is 4. The largest absolute Gasteiger partial charge is 0.321 e. The van der Waals surface area contributed by atoms with Crippen LogP contribution in [-0.4, -0.2) is 29.2 Å². The van der Waals surface area contributed by atoms with Crippen LogP contribution in [0.4, 0.5) is 5.69 Å². The summed E-state index contributed by atoms with van der Waals surface area (Å²) in [6, 6.07) is 6.44. The predicted octanol–water partition coefficient (Wildman–Crippen LogP) is 3.40. The molecule has 0 fully saturated rings. The molecule has 1 N–H and O–H groups in total. The highest BCUT2D eigenvalue weighted by Crippen LogP contribution is 2.25. The number of hydrogen-bond donors (Lipinski definition) is 1. The van der Waals surface area contributed by atoms with E-state index in [-0.39, 0.29) is 17.7 Å². The van der Waals surface area contributed by atoms with Crippen LogP contribution in [0.3, 0.4) is 0 Å². The molecule has 1 aliphatic rings. The lowest BCUT2D eigenvalue weighted by Crippen LogP contribution is -2.30. The van der Waals surface area contributed by atoms with E-state index in [1.54, 1.807) is 18.2 Å². The summed E-state index contributed by atoms with van der Waals surface area (Å²) in [5, 5.41) is 6.46. The number of fused-ring (bicyclic) bond motifs is 1. The van der Waals surface area contributed by atoms with Gasteiger partial charge in [-0.3, -0.25) is 19.3 Å². The average Bonchev–Trinajstić information content (AvgIpc) is 3.14. The summed E-state index contributed by atoms with van der Waals surface area (Å²) in [4.78, 5) is 38.1. The third-order valence-electron chi connectivity index (χ3n) is 3.75. The highest BCUT2D eigenvalue weighted by molar-refractivity contribution is 7.08. The number of thiophene rings is 1. The van der Waals surface area contributed by atoms with Crippen molar-refractivity contribution in [2.45, 2.75) is 19.8 Å². The fraction of sp³-hybridized carbons (Fsp3) is 0.235. The molecule has 3 rings (SSSR count). The zero-order valence-electron chi connectivity index (χ0n) is 12.7. The van der Waals surface area contributed by atoms with Gasteiger partial charge in [-0.2, -0.15) is 11.3 Å². The van der Waals surface area contributed by atoms with Gasteiger partial charge in [0.2, 0.25) is 0 Å². The van der Waals surface area contributed by atoms with E-state index in [0.29, 0.717) is 28.9 Å². The van der Waals surface area contributed by atoms with Crippen molar-refractivity contribution in [1.82, 2.24) is 4.90 Å². The fourth-order valence-electron chi connectivity index (χ4n) is 2.49. The van der Waals surface area contributed by atoms with E-state index in [2.05, 4.69) is 5.32 Å². The molecule has 0 saturated heterocycles. The summed E-state index contributed by atoms with van der Waals surface area (Å²) >= 11 is 1.49. The molecule has 2 aromatic rings. The molecule has 0 saturated carbocycles. The average molecular weight is 328 g/mol. The predicted molar refractivity (Wildman–Crippen MR) is 89.0 cm³/mol. The van der Waals surface area contributed by atoms with Gasteiger partial charge in [0.1, 0.15) is 0 Å². The third kappa shape index (κ3) is 2.90. The van der Waals surface area contributed by atoms with Crippen LogP contribution in [0.25, 0.3) is 0 Å². The number of unbranched alkanes of at least 4 members (excludes halogenated alkanes) is 1. The van der Waals surface area contributed by atoms with Gasteiger partial charge < -0.3 is 5.32 Å². The summed E-state index contributed by atoms with van der Waals surface area (Å²) < 4.78 is 0. The minimum absolute atomic E-state index is 0.275. The van der Waals surface area contributed by atoms with E-state index in [1.807, 2.05) is 17.7 Å². The molecule has 118 valence electrons. The summed E-state index contributed by atoms with van der Waals surface area (Å²) in [6.45, 7) is 2.42. The maximum absolute atomic E-state index is 12.4. The molecule has 0 bridgehead atoms. The Bertz CT molecular complexity index is 768. The van der Waals surface area contributed by atoms with Crippen molar-refractivity contribution < 1.29 is 14.4 Å². The number of benzene rings is 1. The number of nitrogens with zero attached hydrogens (tertiary/aromatic N) is 1. The van der Waals surface area contributed by atoms with E-state index in [1.165, 1.54) is 22.3 Å². The Morgan fingerprint density at radius 2 is 1.96 bits per heavy atom. The summed E-state index contributed by atoms with van der Waals surface area (Å²) in [7, 11) is 0. The maximum Gasteiger partial charge on any atom is 0.261 e. The van der Waals surface area contributed by atoms with E-state index >= 15 is 0 Å². The van der Waals surface area contributed by atoms with E-state index in [4.69, 9.17) is 0 Å². The molecule has 1 aliphatic heterocycles. The lowest BCUT2D eigenvalue weighted by molar-refractivity contribution is 0.0652. The standard InChI is InChI=1S/C17H16N2O3S/c1-2-3-7-19-16(21)13-5-4-11(9-14(13)17(19)22)15(20)18-12-6-8-23-10-12/h4-6,8-10H,2-3,7H2,1H3,(H,18,20). The van der Waals surface area contributed by atoms with Crippen LogP contribution in [-0.2, 0) is 0 Å². The molecule has 1 aromatic carbocycles. The Balaban J connectivity index is 1.84. The highest BCUT2D eigenvalue weighted by Gasteiger charge is 2.35. The van der Waals surface area contributed by atoms with E-state index in [9.17, 15) is 14.4 Å². The number of amides is 3. The molecule has 23 heavy (non-hydrogen) atoms. The zero-order valence-corrected chi connectivity index (χ0v) is 13.5. The van der Waals surface area contributed by atoms with Gasteiger partial charge in [0, 0.05) is 17.5 Å². The minimum Gasteiger partial charge on any atom is -0.321 e. The monoisotopic (exact) mass is 328 g/mol. The first-order chi connectivity index (χ1) is 11.1. The third-order valence-corrected chi connectivity index (χ3v) is 4.43. The van der Waals surface area contributed by atoms with Crippen molar-refractivity contribution >= 4 is 34.7 Å². The smallest absolute Gasteiger partial charge is 0.261 e. The first-order valence-electron chi connectivity index (χ1n) is 7.45. The van der Waals surface area contributed by atoms with Crippen molar-refractivity contribution in [2.75, 3.05) is 11.9 Å². The molecular formula is C17H16N2O3S. The number of carbonyl (C=O) groups excluding carboxylic acids is 3. The van der Waals surface area contributed by atoms with Crippen LogP contribution < -0.4 is 5.32 Å². The van der Waals surface area contributed by atoms with Crippen LogP contribution >= 0.6 is 11.3 Å². The van der Waals surface area contributed by atoms with Gasteiger partial charge in [-0.05, 0) is 36.1 Å². The second kappa shape index (κ2) is 6.34. The molecule has 5 nitrogen and oxygen atoms in total. The van der Waals surface area contributed by atoms with Crippen LogP contribution in [0.1, 0.15) is 50.8 Å². The van der Waals surface area contributed by atoms with Crippen molar-refractivity contribution in [3.63, 3.8) is 0 Å². The van der Waals surface area contributed by atoms with Crippen LogP contribution in [0.15, 0.2) is 35.0 Å². The normalized spacial score (nSPS) is 13.3. The topological polar surface area (TPSA) is 66.5 Å². The Hall–Kier alpha value is -2.47. The van der Waals surface area contributed by atoms with Crippen molar-refractivity contribution in [2.24, 2.45) is 0 Å². The second-order valence-corrected chi connectivity index (χ2v) is 6.12. The fourth-order valence-corrected chi connectivity index (χ4v) is 3.08. The van der Waals surface area contributed by atoms with Gasteiger partial charge >= 0.3 is 0 Å². The molecule has 0 atom stereocenters. The van der Waals surface area contributed by atoms with Gasteiger partial charge in [-0.1, -0.05) is 13.3 Å². The minimum atomic E-state index is -0.316. The lowest BCUT2D eigenvalue weighted by atomic mass is 10.1. The van der Waals surface area contributed by atoms with Gasteiger partial charge in [-0.15, -0.1) is 0 Å². The number of imide groups is 1. The Kier molecular flexibility index (Phi) is 4.25. The molecule has 0 unspecified atom stereocenters. The zero-order chi connectivity index (χ0) is 16.4. The van der Waals surface area contributed by atoms with Crippen molar-refractivity contribution in [1.29, 1.82) is 0 Å². The second-order valence-electron chi connectivity index (χ2n) is 5.34. The summed E-state index contributed by atoms with van der Waals surface area (Å²) in [6.07, 6.45) is 1.68. The lowest BCUT2D eigenvalue weighted by Gasteiger charge is -2.12. The van der Waals surface area contributed by atoms with Gasteiger partial charge in [0.05, 0.1) is 16.8 Å². The SMILES string of the molecule is CCCCN1C(=O)c2ccc(C(=O)Nc3ccsc3)cc2C1=O. The van der Waals surface area contributed by atoms with Crippen LogP contribution in [0.2, 0.25) is 0 Å². The van der Waals surface area contributed by atoms with E-state index in [0.717, 1.165) is 12.8 Å². The Morgan fingerprint density at radius 3 is 2.65 bits per heavy atom. The van der Waals surface area contributed by atoms with Crippen LogP contribution in [0.5, 0.6) is 0 Å². The van der Waals surface area contributed by atoms with E-state index < -0.39 is 0 Å². The summed E-state index contributed by atoms with van der Waals surface area (Å²) in [5.74, 6) is -0.884. The van der Waals surface area contributed by atoms with Crippen molar-refractivity contribution in [3.8, 4) is 0 Å². The first kappa shape index (κ1) is 15.4. The Labute approximate surface area is 137 Å².